The average Bonchev–Trinajstić information content (AvgIpc) is 2.56. The fraction of sp³-hybridized carbons (Fsp3) is 0.600. The largest absolute Gasteiger partial charge is 0.314 e. The van der Waals surface area contributed by atoms with E-state index in [2.05, 4.69) is 23.2 Å². The fourth-order valence-electron chi connectivity index (χ4n) is 1.75. The van der Waals surface area contributed by atoms with E-state index in [1.807, 2.05) is 6.07 Å². The highest BCUT2D eigenvalue weighted by Gasteiger charge is 2.18. The molecule has 1 aromatic rings. The fourth-order valence-corrected chi connectivity index (χ4v) is 2.87. The second kappa shape index (κ2) is 6.06. The summed E-state index contributed by atoms with van der Waals surface area (Å²) in [4.78, 5) is 3.86. The minimum Gasteiger partial charge on any atom is -0.314 e. The first-order valence-electron chi connectivity index (χ1n) is 4.94. The zero-order chi connectivity index (χ0) is 9.97. The van der Waals surface area contributed by atoms with Crippen LogP contribution in [-0.4, -0.2) is 30.6 Å². The third-order valence-electron chi connectivity index (χ3n) is 2.63. The van der Waals surface area contributed by atoms with Crippen molar-refractivity contribution in [3.8, 4) is 0 Å². The van der Waals surface area contributed by atoms with E-state index in [4.69, 9.17) is 11.6 Å². The Morgan fingerprint density at radius 2 is 2.40 bits per heavy atom. The van der Waals surface area contributed by atoms with E-state index in [1.165, 1.54) is 4.88 Å². The van der Waals surface area contributed by atoms with Gasteiger partial charge in [-0.25, -0.2) is 0 Å². The van der Waals surface area contributed by atoms with E-state index in [0.717, 1.165) is 30.5 Å². The van der Waals surface area contributed by atoms with Gasteiger partial charge in [-0.2, -0.15) is 0 Å². The molecule has 5 heteroatoms. The van der Waals surface area contributed by atoms with Crippen LogP contribution >= 0.6 is 35.3 Å². The SMILES string of the molecule is C[C@H]1CNCCN1Cc1ccc(Cl)s1.Cl. The maximum atomic E-state index is 5.90. The van der Waals surface area contributed by atoms with Crippen LogP contribution in [0.4, 0.5) is 0 Å². The lowest BCUT2D eigenvalue weighted by atomic mass is 10.2. The Morgan fingerprint density at radius 1 is 1.60 bits per heavy atom. The molecule has 15 heavy (non-hydrogen) atoms. The van der Waals surface area contributed by atoms with Crippen molar-refractivity contribution in [2.75, 3.05) is 19.6 Å². The molecule has 1 fully saturated rings. The molecule has 1 aliphatic rings. The van der Waals surface area contributed by atoms with Gasteiger partial charge >= 0.3 is 0 Å². The van der Waals surface area contributed by atoms with Crippen LogP contribution in [0, 0.1) is 0 Å². The van der Waals surface area contributed by atoms with Crippen molar-refractivity contribution in [1.29, 1.82) is 0 Å². The molecule has 0 bridgehead atoms. The third-order valence-corrected chi connectivity index (χ3v) is 3.84. The Kier molecular flexibility index (Phi) is 5.36. The molecule has 0 saturated carbocycles. The van der Waals surface area contributed by atoms with Crippen LogP contribution in [0.5, 0.6) is 0 Å². The van der Waals surface area contributed by atoms with E-state index in [1.54, 1.807) is 11.3 Å². The molecule has 1 aliphatic heterocycles. The second-order valence-electron chi connectivity index (χ2n) is 3.73. The zero-order valence-electron chi connectivity index (χ0n) is 8.70. The predicted octanol–water partition coefficient (Wildman–Crippen LogP) is 2.62. The third kappa shape index (κ3) is 3.61. The van der Waals surface area contributed by atoms with Crippen LogP contribution in [0.15, 0.2) is 12.1 Å². The molecule has 2 nitrogen and oxygen atoms in total. The number of halogens is 2. The predicted molar refractivity (Wildman–Crippen MR) is 69.3 cm³/mol. The molecule has 2 rings (SSSR count). The standard InChI is InChI=1S/C10H15ClN2S.ClH/c1-8-6-12-4-5-13(8)7-9-2-3-10(11)14-9;/h2-3,8,12H,4-7H2,1H3;1H/t8-;/m0./s1. The number of piperazine rings is 1. The van der Waals surface area contributed by atoms with Gasteiger partial charge in [0.2, 0.25) is 0 Å². The summed E-state index contributed by atoms with van der Waals surface area (Å²) in [7, 11) is 0. The monoisotopic (exact) mass is 266 g/mol. The first kappa shape index (κ1) is 13.3. The highest BCUT2D eigenvalue weighted by atomic mass is 35.5. The van der Waals surface area contributed by atoms with Gasteiger partial charge in [-0.1, -0.05) is 11.6 Å². The average molecular weight is 267 g/mol. The van der Waals surface area contributed by atoms with Crippen molar-refractivity contribution in [1.82, 2.24) is 10.2 Å². The van der Waals surface area contributed by atoms with Crippen LogP contribution in [0.2, 0.25) is 4.34 Å². The quantitative estimate of drug-likeness (QED) is 0.886. The van der Waals surface area contributed by atoms with Crippen molar-refractivity contribution >= 4 is 35.3 Å². The van der Waals surface area contributed by atoms with Gasteiger partial charge in [0.25, 0.3) is 0 Å². The Hall–Kier alpha value is 0.200. The van der Waals surface area contributed by atoms with Crippen LogP contribution < -0.4 is 5.32 Å². The normalized spacial score (nSPS) is 22.4. The summed E-state index contributed by atoms with van der Waals surface area (Å²) in [6.07, 6.45) is 0. The highest BCUT2D eigenvalue weighted by Crippen LogP contribution is 2.23. The van der Waals surface area contributed by atoms with Crippen LogP contribution in [0.25, 0.3) is 0 Å². The first-order valence-corrected chi connectivity index (χ1v) is 6.14. The number of hydrogen-bond acceptors (Lipinski definition) is 3. The molecule has 1 saturated heterocycles. The minimum absolute atomic E-state index is 0. The highest BCUT2D eigenvalue weighted by molar-refractivity contribution is 7.16. The topological polar surface area (TPSA) is 15.3 Å². The first-order chi connectivity index (χ1) is 6.75. The van der Waals surface area contributed by atoms with Crippen LogP contribution in [0.1, 0.15) is 11.8 Å². The van der Waals surface area contributed by atoms with Crippen molar-refractivity contribution in [3.63, 3.8) is 0 Å². The summed E-state index contributed by atoms with van der Waals surface area (Å²) < 4.78 is 0.891. The zero-order valence-corrected chi connectivity index (χ0v) is 11.1. The summed E-state index contributed by atoms with van der Waals surface area (Å²) in [5.74, 6) is 0. The molecule has 1 atom stereocenters. The maximum absolute atomic E-state index is 5.90. The number of hydrogen-bond donors (Lipinski definition) is 1. The summed E-state index contributed by atoms with van der Waals surface area (Å²) in [6.45, 7) is 6.64. The molecule has 1 N–H and O–H groups in total. The molecule has 0 spiro atoms. The van der Waals surface area contributed by atoms with E-state index in [9.17, 15) is 0 Å². The Labute approximate surface area is 106 Å². The lowest BCUT2D eigenvalue weighted by Crippen LogP contribution is -2.49. The molecule has 2 heterocycles. The summed E-state index contributed by atoms with van der Waals surface area (Å²) in [5, 5.41) is 3.39. The van der Waals surface area contributed by atoms with Gasteiger partial charge in [0.15, 0.2) is 0 Å². The van der Waals surface area contributed by atoms with Crippen molar-refractivity contribution in [3.05, 3.63) is 21.3 Å². The van der Waals surface area contributed by atoms with Gasteiger partial charge in [0.1, 0.15) is 0 Å². The number of rotatable bonds is 2. The van der Waals surface area contributed by atoms with Crippen molar-refractivity contribution < 1.29 is 0 Å². The van der Waals surface area contributed by atoms with Crippen molar-refractivity contribution in [2.24, 2.45) is 0 Å². The molecule has 0 aromatic carbocycles. The molecule has 0 radical (unpaired) electrons. The van der Waals surface area contributed by atoms with Gasteiger partial charge in [0.05, 0.1) is 4.34 Å². The van der Waals surface area contributed by atoms with Gasteiger partial charge in [0, 0.05) is 37.1 Å². The van der Waals surface area contributed by atoms with E-state index in [-0.39, 0.29) is 12.4 Å². The number of nitrogens with zero attached hydrogens (tertiary/aromatic N) is 1. The van der Waals surface area contributed by atoms with Crippen molar-refractivity contribution in [2.45, 2.75) is 19.5 Å². The summed E-state index contributed by atoms with van der Waals surface area (Å²) in [5.41, 5.74) is 0. The van der Waals surface area contributed by atoms with Gasteiger partial charge in [-0.05, 0) is 19.1 Å². The molecule has 86 valence electrons. The summed E-state index contributed by atoms with van der Waals surface area (Å²) >= 11 is 7.59. The molecular weight excluding hydrogens is 251 g/mol. The van der Waals surface area contributed by atoms with E-state index >= 15 is 0 Å². The van der Waals surface area contributed by atoms with E-state index < -0.39 is 0 Å². The molecule has 0 amide bonds. The lowest BCUT2D eigenvalue weighted by Gasteiger charge is -2.33. The van der Waals surface area contributed by atoms with Crippen LogP contribution in [0.3, 0.4) is 0 Å². The summed E-state index contributed by atoms with van der Waals surface area (Å²) in [6, 6.07) is 4.74. The Balaban J connectivity index is 0.00000112. The number of thiophene rings is 1. The Morgan fingerprint density at radius 3 is 3.00 bits per heavy atom. The number of nitrogens with one attached hydrogen (secondary N) is 1. The molecule has 0 aliphatic carbocycles. The Bertz CT molecular complexity index is 303. The second-order valence-corrected chi connectivity index (χ2v) is 5.53. The molecular formula is C10H16Cl2N2S. The van der Waals surface area contributed by atoms with Crippen LogP contribution in [-0.2, 0) is 6.54 Å². The lowest BCUT2D eigenvalue weighted by molar-refractivity contribution is 0.167. The smallest absolute Gasteiger partial charge is 0.0931 e. The minimum atomic E-state index is 0. The molecule has 1 aromatic heterocycles. The van der Waals surface area contributed by atoms with Gasteiger partial charge < -0.3 is 5.32 Å². The van der Waals surface area contributed by atoms with E-state index in [0.29, 0.717) is 6.04 Å². The maximum Gasteiger partial charge on any atom is 0.0931 e. The molecule has 0 unspecified atom stereocenters. The van der Waals surface area contributed by atoms with Gasteiger partial charge in [-0.3, -0.25) is 4.90 Å². The van der Waals surface area contributed by atoms with Gasteiger partial charge in [-0.15, -0.1) is 23.7 Å².